The molecule has 3 nitrogen and oxygen atoms in total. The summed E-state index contributed by atoms with van der Waals surface area (Å²) in [7, 11) is 0. The van der Waals surface area contributed by atoms with Crippen molar-refractivity contribution in [3.63, 3.8) is 0 Å². The van der Waals surface area contributed by atoms with Crippen molar-refractivity contribution in [1.82, 2.24) is 9.78 Å². The smallest absolute Gasteiger partial charge is 0.140 e. The fourth-order valence-electron chi connectivity index (χ4n) is 1.62. The Morgan fingerprint density at radius 1 is 1.54 bits per heavy atom. The van der Waals surface area contributed by atoms with Crippen LogP contribution in [0, 0.1) is 5.41 Å². The highest BCUT2D eigenvalue weighted by Gasteiger charge is 2.29. The van der Waals surface area contributed by atoms with Gasteiger partial charge in [-0.25, -0.2) is 4.68 Å². The summed E-state index contributed by atoms with van der Waals surface area (Å²) in [6.45, 7) is 7.24. The van der Waals surface area contributed by atoms with E-state index in [0.29, 0.717) is 12.8 Å². The van der Waals surface area contributed by atoms with Gasteiger partial charge in [0.05, 0.1) is 6.10 Å². The third-order valence-corrected chi connectivity index (χ3v) is 2.56. The number of hydrogen-bond donors (Lipinski definition) is 0. The molecule has 0 bridgehead atoms. The second-order valence-electron chi connectivity index (χ2n) is 4.68. The summed E-state index contributed by atoms with van der Waals surface area (Å²) in [5.74, 6) is 0. The topological polar surface area (TPSA) is 27.1 Å². The third-order valence-electron chi connectivity index (χ3n) is 2.56. The standard InChI is InChI=1S/C10H16N2O/c1-10(2,3)9-6-8-4-5-11-12(8)7-13-9/h4-5,9H,6-7H2,1-3H3. The maximum absolute atomic E-state index is 5.73. The van der Waals surface area contributed by atoms with Gasteiger partial charge >= 0.3 is 0 Å². The first kappa shape index (κ1) is 8.75. The van der Waals surface area contributed by atoms with Crippen molar-refractivity contribution >= 4 is 0 Å². The van der Waals surface area contributed by atoms with Crippen molar-refractivity contribution < 1.29 is 4.74 Å². The molecule has 0 N–H and O–H groups in total. The van der Waals surface area contributed by atoms with Gasteiger partial charge in [0.15, 0.2) is 0 Å². The van der Waals surface area contributed by atoms with E-state index in [1.165, 1.54) is 5.69 Å². The Morgan fingerprint density at radius 2 is 2.31 bits per heavy atom. The molecule has 13 heavy (non-hydrogen) atoms. The minimum absolute atomic E-state index is 0.218. The summed E-state index contributed by atoms with van der Waals surface area (Å²) in [6, 6.07) is 2.07. The first-order valence-electron chi connectivity index (χ1n) is 4.69. The van der Waals surface area contributed by atoms with E-state index in [1.807, 2.05) is 10.9 Å². The highest BCUT2D eigenvalue weighted by Crippen LogP contribution is 2.28. The number of nitrogens with zero attached hydrogens (tertiary/aromatic N) is 2. The summed E-state index contributed by atoms with van der Waals surface area (Å²) < 4.78 is 7.65. The van der Waals surface area contributed by atoms with E-state index in [2.05, 4.69) is 31.9 Å². The molecule has 1 unspecified atom stereocenters. The van der Waals surface area contributed by atoms with Crippen LogP contribution in [0.1, 0.15) is 26.5 Å². The first-order chi connectivity index (χ1) is 6.07. The summed E-state index contributed by atoms with van der Waals surface area (Å²) in [4.78, 5) is 0. The molecule has 0 radical (unpaired) electrons. The molecule has 1 aliphatic heterocycles. The Balaban J connectivity index is 2.18. The summed E-state index contributed by atoms with van der Waals surface area (Å²) in [5.41, 5.74) is 1.50. The van der Waals surface area contributed by atoms with Crippen LogP contribution in [0.2, 0.25) is 0 Å². The molecule has 1 atom stereocenters. The lowest BCUT2D eigenvalue weighted by atomic mass is 9.86. The zero-order chi connectivity index (χ0) is 9.47. The van der Waals surface area contributed by atoms with Crippen molar-refractivity contribution in [1.29, 1.82) is 0 Å². The normalized spacial score (nSPS) is 22.8. The monoisotopic (exact) mass is 180 g/mol. The molecule has 0 amide bonds. The molecule has 0 saturated carbocycles. The largest absolute Gasteiger partial charge is 0.355 e. The molecule has 1 aliphatic rings. The molecule has 1 aromatic heterocycles. The fourth-order valence-corrected chi connectivity index (χ4v) is 1.62. The van der Waals surface area contributed by atoms with E-state index in [0.717, 1.165) is 6.42 Å². The van der Waals surface area contributed by atoms with Crippen LogP contribution in [0.5, 0.6) is 0 Å². The lowest BCUT2D eigenvalue weighted by Gasteiger charge is -2.33. The van der Waals surface area contributed by atoms with E-state index >= 15 is 0 Å². The zero-order valence-electron chi connectivity index (χ0n) is 8.45. The van der Waals surface area contributed by atoms with Gasteiger partial charge in [-0.1, -0.05) is 20.8 Å². The first-order valence-corrected chi connectivity index (χ1v) is 4.69. The lowest BCUT2D eigenvalue weighted by Crippen LogP contribution is -2.36. The van der Waals surface area contributed by atoms with Crippen molar-refractivity contribution in [2.24, 2.45) is 5.41 Å². The van der Waals surface area contributed by atoms with Crippen LogP contribution in [-0.2, 0) is 17.9 Å². The third kappa shape index (κ3) is 1.61. The summed E-state index contributed by atoms with van der Waals surface area (Å²) in [6.07, 6.45) is 3.13. The van der Waals surface area contributed by atoms with E-state index in [9.17, 15) is 0 Å². The maximum Gasteiger partial charge on any atom is 0.140 e. The summed E-state index contributed by atoms with van der Waals surface area (Å²) >= 11 is 0. The molecule has 72 valence electrons. The predicted molar refractivity (Wildman–Crippen MR) is 50.3 cm³/mol. The highest BCUT2D eigenvalue weighted by atomic mass is 16.5. The molecule has 1 aromatic rings. The Bertz CT molecular complexity index is 298. The summed E-state index contributed by atoms with van der Waals surface area (Å²) in [5, 5.41) is 4.16. The zero-order valence-corrected chi connectivity index (χ0v) is 8.45. The SMILES string of the molecule is CC(C)(C)C1Cc2ccnn2CO1. The quantitative estimate of drug-likeness (QED) is 0.609. The van der Waals surface area contributed by atoms with Crippen LogP contribution in [0.3, 0.4) is 0 Å². The second kappa shape index (κ2) is 2.84. The van der Waals surface area contributed by atoms with Crippen molar-refractivity contribution in [2.75, 3.05) is 0 Å². The highest BCUT2D eigenvalue weighted by molar-refractivity contribution is 5.04. The molecule has 2 rings (SSSR count). The fraction of sp³-hybridized carbons (Fsp3) is 0.700. The number of ether oxygens (including phenoxy) is 1. The van der Waals surface area contributed by atoms with Crippen LogP contribution in [0.15, 0.2) is 12.3 Å². The molecule has 0 saturated heterocycles. The second-order valence-corrected chi connectivity index (χ2v) is 4.68. The van der Waals surface area contributed by atoms with Gasteiger partial charge in [0.25, 0.3) is 0 Å². The van der Waals surface area contributed by atoms with Crippen LogP contribution in [-0.4, -0.2) is 15.9 Å². The average Bonchev–Trinajstić information content (AvgIpc) is 2.47. The Morgan fingerprint density at radius 3 is 3.00 bits per heavy atom. The number of hydrogen-bond acceptors (Lipinski definition) is 2. The number of rotatable bonds is 0. The van der Waals surface area contributed by atoms with Gasteiger partial charge in [0.2, 0.25) is 0 Å². The Kier molecular flexibility index (Phi) is 1.91. The van der Waals surface area contributed by atoms with Crippen LogP contribution < -0.4 is 0 Å². The molecule has 3 heteroatoms. The van der Waals surface area contributed by atoms with Crippen molar-refractivity contribution in [3.05, 3.63) is 18.0 Å². The van der Waals surface area contributed by atoms with Crippen LogP contribution in [0.4, 0.5) is 0 Å². The predicted octanol–water partition coefficient (Wildman–Crippen LogP) is 1.83. The van der Waals surface area contributed by atoms with Crippen molar-refractivity contribution in [2.45, 2.75) is 40.0 Å². The van der Waals surface area contributed by atoms with Crippen LogP contribution in [0.25, 0.3) is 0 Å². The van der Waals surface area contributed by atoms with E-state index in [4.69, 9.17) is 4.74 Å². The molecule has 0 aliphatic carbocycles. The Hall–Kier alpha value is -0.830. The molecular formula is C10H16N2O. The number of aromatic nitrogens is 2. The average molecular weight is 180 g/mol. The minimum Gasteiger partial charge on any atom is -0.355 e. The molecule has 2 heterocycles. The van der Waals surface area contributed by atoms with Gasteiger partial charge in [0, 0.05) is 18.3 Å². The van der Waals surface area contributed by atoms with Gasteiger partial charge in [-0.05, 0) is 11.5 Å². The van der Waals surface area contributed by atoms with Crippen molar-refractivity contribution in [3.8, 4) is 0 Å². The van der Waals surface area contributed by atoms with Gasteiger partial charge in [-0.15, -0.1) is 0 Å². The molecule has 0 fully saturated rings. The molecular weight excluding hydrogens is 164 g/mol. The maximum atomic E-state index is 5.73. The van der Waals surface area contributed by atoms with E-state index < -0.39 is 0 Å². The number of fused-ring (bicyclic) bond motifs is 1. The van der Waals surface area contributed by atoms with Gasteiger partial charge in [0.1, 0.15) is 6.73 Å². The minimum atomic E-state index is 0.218. The van der Waals surface area contributed by atoms with Crippen LogP contribution >= 0.6 is 0 Å². The van der Waals surface area contributed by atoms with Gasteiger partial charge in [-0.3, -0.25) is 0 Å². The Labute approximate surface area is 78.7 Å². The lowest BCUT2D eigenvalue weighted by molar-refractivity contribution is -0.0742. The van der Waals surface area contributed by atoms with Gasteiger partial charge < -0.3 is 4.74 Å². The van der Waals surface area contributed by atoms with E-state index in [-0.39, 0.29) is 5.41 Å². The molecule has 0 aromatic carbocycles. The van der Waals surface area contributed by atoms with E-state index in [1.54, 1.807) is 0 Å². The van der Waals surface area contributed by atoms with Gasteiger partial charge in [-0.2, -0.15) is 5.10 Å². The molecule has 0 spiro atoms.